The summed E-state index contributed by atoms with van der Waals surface area (Å²) in [6.45, 7) is 2.21. The molecule has 0 radical (unpaired) electrons. The number of para-hydroxylation sites is 1. The number of amides is 2. The third-order valence-corrected chi connectivity index (χ3v) is 6.11. The van der Waals surface area contributed by atoms with E-state index < -0.39 is 4.92 Å². The maximum Gasteiger partial charge on any atom is 0.293 e. The van der Waals surface area contributed by atoms with Gasteiger partial charge in [0.1, 0.15) is 12.4 Å². The first-order valence-electron chi connectivity index (χ1n) is 10.2. The molecule has 3 aromatic carbocycles. The highest BCUT2D eigenvalue weighted by atomic mass is 32.2. The normalized spacial score (nSPS) is 14.7. The number of imide groups is 1. The Bertz CT molecular complexity index is 1270. The summed E-state index contributed by atoms with van der Waals surface area (Å²) in [6.07, 6.45) is 1.65. The molecule has 1 fully saturated rings. The van der Waals surface area contributed by atoms with Crippen molar-refractivity contribution in [1.82, 2.24) is 4.90 Å². The minimum atomic E-state index is -0.442. The summed E-state index contributed by atoms with van der Waals surface area (Å²) in [4.78, 5) is 37.6. The van der Waals surface area contributed by atoms with E-state index in [1.54, 1.807) is 48.5 Å². The Labute approximate surface area is 194 Å². The van der Waals surface area contributed by atoms with Crippen molar-refractivity contribution >= 4 is 34.7 Å². The van der Waals surface area contributed by atoms with E-state index in [4.69, 9.17) is 4.74 Å². The summed E-state index contributed by atoms with van der Waals surface area (Å²) in [5.74, 6) is 0.167. The van der Waals surface area contributed by atoms with Crippen LogP contribution in [0.3, 0.4) is 0 Å². The number of carbonyl (C=O) groups is 2. The number of aryl methyl sites for hydroxylation is 1. The lowest BCUT2D eigenvalue weighted by Crippen LogP contribution is -2.27. The van der Waals surface area contributed by atoms with Gasteiger partial charge in [-0.15, -0.1) is 0 Å². The molecule has 4 rings (SSSR count). The standard InChI is InChI=1S/C25H20N2O5S/c1-17-7-2-3-9-19(17)15-26-24(28)23(33-25(26)29)14-18-8-6-11-21(13-18)32-16-20-10-4-5-12-22(20)27(30)31/h2-14H,15-16H2,1H3/b23-14-. The van der Waals surface area contributed by atoms with E-state index in [2.05, 4.69) is 0 Å². The Morgan fingerprint density at radius 2 is 1.73 bits per heavy atom. The minimum Gasteiger partial charge on any atom is -0.489 e. The van der Waals surface area contributed by atoms with E-state index in [1.165, 1.54) is 11.0 Å². The third-order valence-electron chi connectivity index (χ3n) is 5.20. The molecule has 0 bridgehead atoms. The summed E-state index contributed by atoms with van der Waals surface area (Å²) in [5.41, 5.74) is 3.09. The van der Waals surface area contributed by atoms with Crippen LogP contribution in [0.25, 0.3) is 6.08 Å². The molecule has 8 heteroatoms. The first-order chi connectivity index (χ1) is 15.9. The molecular weight excluding hydrogens is 440 g/mol. The summed E-state index contributed by atoms with van der Waals surface area (Å²) in [5, 5.41) is 10.9. The van der Waals surface area contributed by atoms with Gasteiger partial charge >= 0.3 is 0 Å². The zero-order valence-electron chi connectivity index (χ0n) is 17.8. The molecule has 0 atom stereocenters. The Kier molecular flexibility index (Phi) is 6.55. The Morgan fingerprint density at radius 3 is 2.48 bits per heavy atom. The van der Waals surface area contributed by atoms with Crippen LogP contribution in [0.2, 0.25) is 0 Å². The highest BCUT2D eigenvalue weighted by Crippen LogP contribution is 2.34. The van der Waals surface area contributed by atoms with Gasteiger partial charge in [0.25, 0.3) is 16.8 Å². The number of nitro groups is 1. The molecule has 0 unspecified atom stereocenters. The molecule has 0 aromatic heterocycles. The van der Waals surface area contributed by atoms with Crippen molar-refractivity contribution in [2.45, 2.75) is 20.1 Å². The van der Waals surface area contributed by atoms with Crippen LogP contribution in [-0.2, 0) is 17.9 Å². The maximum absolute atomic E-state index is 12.9. The van der Waals surface area contributed by atoms with E-state index in [0.29, 0.717) is 21.8 Å². The lowest BCUT2D eigenvalue weighted by atomic mass is 10.1. The second-order valence-corrected chi connectivity index (χ2v) is 8.43. The van der Waals surface area contributed by atoms with Crippen molar-refractivity contribution in [3.63, 3.8) is 0 Å². The molecule has 0 spiro atoms. The van der Waals surface area contributed by atoms with Gasteiger partial charge in [-0.2, -0.15) is 0 Å². The van der Waals surface area contributed by atoms with E-state index in [1.807, 2.05) is 31.2 Å². The first-order valence-corrected chi connectivity index (χ1v) is 11.0. The van der Waals surface area contributed by atoms with Gasteiger partial charge in [-0.25, -0.2) is 0 Å². The van der Waals surface area contributed by atoms with Gasteiger partial charge in [-0.3, -0.25) is 24.6 Å². The lowest BCUT2D eigenvalue weighted by Gasteiger charge is -2.14. The molecule has 0 saturated carbocycles. The number of thioether (sulfide) groups is 1. The topological polar surface area (TPSA) is 89.8 Å². The fraction of sp³-hybridized carbons (Fsp3) is 0.120. The molecule has 1 aliphatic heterocycles. The van der Waals surface area contributed by atoms with Crippen molar-refractivity contribution in [2.75, 3.05) is 0 Å². The summed E-state index contributed by atoms with van der Waals surface area (Å²) in [6, 6.07) is 21.1. The van der Waals surface area contributed by atoms with Crippen LogP contribution in [0, 0.1) is 17.0 Å². The number of ether oxygens (including phenoxy) is 1. The Hall–Kier alpha value is -3.91. The van der Waals surface area contributed by atoms with Gasteiger partial charge in [0.15, 0.2) is 0 Å². The molecule has 1 heterocycles. The molecular formula is C25H20N2O5S. The second-order valence-electron chi connectivity index (χ2n) is 7.44. The average Bonchev–Trinajstić information content (AvgIpc) is 3.06. The molecule has 7 nitrogen and oxygen atoms in total. The predicted molar refractivity (Wildman–Crippen MR) is 127 cm³/mol. The Balaban J connectivity index is 1.48. The van der Waals surface area contributed by atoms with Gasteiger partial charge in [0.2, 0.25) is 0 Å². The predicted octanol–water partition coefficient (Wildman–Crippen LogP) is 5.72. The van der Waals surface area contributed by atoms with Crippen molar-refractivity contribution in [2.24, 2.45) is 0 Å². The summed E-state index contributed by atoms with van der Waals surface area (Å²) in [7, 11) is 0. The van der Waals surface area contributed by atoms with Crippen LogP contribution in [0.4, 0.5) is 10.5 Å². The van der Waals surface area contributed by atoms with Crippen molar-refractivity contribution in [1.29, 1.82) is 0 Å². The summed E-state index contributed by atoms with van der Waals surface area (Å²) >= 11 is 0.906. The zero-order valence-corrected chi connectivity index (χ0v) is 18.6. The number of hydrogen-bond donors (Lipinski definition) is 0. The van der Waals surface area contributed by atoms with Crippen molar-refractivity contribution < 1.29 is 19.2 Å². The molecule has 166 valence electrons. The van der Waals surface area contributed by atoms with Gasteiger partial charge < -0.3 is 4.74 Å². The second kappa shape index (κ2) is 9.70. The number of rotatable bonds is 7. The minimum absolute atomic E-state index is 0.00372. The highest BCUT2D eigenvalue weighted by Gasteiger charge is 2.35. The molecule has 33 heavy (non-hydrogen) atoms. The Morgan fingerprint density at radius 1 is 1.00 bits per heavy atom. The van der Waals surface area contributed by atoms with E-state index in [0.717, 1.165) is 22.9 Å². The molecule has 1 saturated heterocycles. The molecule has 2 amide bonds. The smallest absolute Gasteiger partial charge is 0.293 e. The fourth-order valence-electron chi connectivity index (χ4n) is 3.41. The van der Waals surface area contributed by atoms with Gasteiger partial charge in [0.05, 0.1) is 21.9 Å². The van der Waals surface area contributed by atoms with Crippen LogP contribution in [-0.4, -0.2) is 21.0 Å². The summed E-state index contributed by atoms with van der Waals surface area (Å²) < 4.78 is 5.75. The number of nitrogens with zero attached hydrogens (tertiary/aromatic N) is 2. The van der Waals surface area contributed by atoms with Crippen LogP contribution < -0.4 is 4.74 Å². The molecule has 3 aromatic rings. The zero-order chi connectivity index (χ0) is 23.4. The highest BCUT2D eigenvalue weighted by molar-refractivity contribution is 8.18. The van der Waals surface area contributed by atoms with Gasteiger partial charge in [0, 0.05) is 6.07 Å². The van der Waals surface area contributed by atoms with Crippen molar-refractivity contribution in [3.05, 3.63) is 110 Å². The van der Waals surface area contributed by atoms with E-state index >= 15 is 0 Å². The third kappa shape index (κ3) is 5.12. The quantitative estimate of drug-likeness (QED) is 0.255. The number of carbonyl (C=O) groups excluding carboxylic acids is 2. The van der Waals surface area contributed by atoms with Crippen LogP contribution in [0.15, 0.2) is 77.7 Å². The number of nitro benzene ring substituents is 1. The molecule has 0 N–H and O–H groups in total. The first kappa shape index (κ1) is 22.3. The monoisotopic (exact) mass is 460 g/mol. The SMILES string of the molecule is Cc1ccccc1CN1C(=O)S/C(=C\c2cccc(OCc3ccccc3[N+](=O)[O-])c2)C1=O. The lowest BCUT2D eigenvalue weighted by molar-refractivity contribution is -0.385. The largest absolute Gasteiger partial charge is 0.489 e. The average molecular weight is 461 g/mol. The molecule has 0 aliphatic carbocycles. The number of benzene rings is 3. The van der Waals surface area contributed by atoms with Gasteiger partial charge in [-0.05, 0) is 59.7 Å². The van der Waals surface area contributed by atoms with Crippen LogP contribution >= 0.6 is 11.8 Å². The maximum atomic E-state index is 12.9. The number of hydrogen-bond acceptors (Lipinski definition) is 6. The van der Waals surface area contributed by atoms with Crippen LogP contribution in [0.1, 0.15) is 22.3 Å². The van der Waals surface area contributed by atoms with E-state index in [9.17, 15) is 19.7 Å². The van der Waals surface area contributed by atoms with Crippen molar-refractivity contribution in [3.8, 4) is 5.75 Å². The molecule has 1 aliphatic rings. The fourth-order valence-corrected chi connectivity index (χ4v) is 4.25. The van der Waals surface area contributed by atoms with E-state index in [-0.39, 0.29) is 30.0 Å². The van der Waals surface area contributed by atoms with Crippen LogP contribution in [0.5, 0.6) is 5.75 Å². The van der Waals surface area contributed by atoms with Gasteiger partial charge in [-0.1, -0.05) is 48.5 Å².